The standard InChI is InChI=1S/C12H16Cl2O/c1-7(2)8(3)12(15)9-5-4-6-10(13)11(9)14/h4-8,12,15H,1-3H3. The maximum absolute atomic E-state index is 10.1. The predicted octanol–water partition coefficient (Wildman–Crippen LogP) is 4.32. The molecule has 1 nitrogen and oxygen atoms in total. The van der Waals surface area contributed by atoms with Crippen molar-refractivity contribution in [3.8, 4) is 0 Å². The van der Waals surface area contributed by atoms with Gasteiger partial charge >= 0.3 is 0 Å². The second kappa shape index (κ2) is 5.20. The molecule has 1 N–H and O–H groups in total. The maximum Gasteiger partial charge on any atom is 0.0832 e. The van der Waals surface area contributed by atoms with Crippen molar-refractivity contribution in [2.45, 2.75) is 26.9 Å². The van der Waals surface area contributed by atoms with Crippen molar-refractivity contribution < 1.29 is 5.11 Å². The van der Waals surface area contributed by atoms with Crippen molar-refractivity contribution in [3.05, 3.63) is 33.8 Å². The summed E-state index contributed by atoms with van der Waals surface area (Å²) in [5.74, 6) is 0.552. The van der Waals surface area contributed by atoms with Crippen molar-refractivity contribution in [2.24, 2.45) is 11.8 Å². The Labute approximate surface area is 101 Å². The molecule has 3 heteroatoms. The van der Waals surface area contributed by atoms with Crippen LogP contribution in [0.5, 0.6) is 0 Å². The van der Waals surface area contributed by atoms with E-state index in [1.807, 2.05) is 13.0 Å². The predicted molar refractivity (Wildman–Crippen MR) is 65.4 cm³/mol. The number of halogens is 2. The van der Waals surface area contributed by atoms with Crippen LogP contribution in [-0.4, -0.2) is 5.11 Å². The third-order valence-electron chi connectivity index (χ3n) is 2.85. The zero-order valence-electron chi connectivity index (χ0n) is 9.17. The first-order valence-electron chi connectivity index (χ1n) is 5.07. The largest absolute Gasteiger partial charge is 0.388 e. The zero-order chi connectivity index (χ0) is 11.6. The van der Waals surface area contributed by atoms with Gasteiger partial charge in [0.1, 0.15) is 0 Å². The Morgan fingerprint density at radius 3 is 2.27 bits per heavy atom. The number of aliphatic hydroxyl groups is 1. The van der Waals surface area contributed by atoms with Gasteiger partial charge in [0.25, 0.3) is 0 Å². The number of hydrogen-bond donors (Lipinski definition) is 1. The molecule has 0 spiro atoms. The van der Waals surface area contributed by atoms with Gasteiger partial charge in [0.2, 0.25) is 0 Å². The molecule has 0 radical (unpaired) electrons. The Kier molecular flexibility index (Phi) is 4.45. The maximum atomic E-state index is 10.1. The van der Waals surface area contributed by atoms with Gasteiger partial charge < -0.3 is 5.11 Å². The molecule has 0 aliphatic carbocycles. The topological polar surface area (TPSA) is 20.2 Å². The quantitative estimate of drug-likeness (QED) is 0.843. The first kappa shape index (κ1) is 12.8. The van der Waals surface area contributed by atoms with E-state index in [2.05, 4.69) is 13.8 Å². The minimum absolute atomic E-state index is 0.154. The highest BCUT2D eigenvalue weighted by Crippen LogP contribution is 2.35. The molecule has 1 aromatic carbocycles. The molecule has 15 heavy (non-hydrogen) atoms. The summed E-state index contributed by atoms with van der Waals surface area (Å²) in [4.78, 5) is 0. The van der Waals surface area contributed by atoms with Crippen LogP contribution in [-0.2, 0) is 0 Å². The molecule has 0 saturated heterocycles. The van der Waals surface area contributed by atoms with Gasteiger partial charge in [-0.05, 0) is 17.9 Å². The van der Waals surface area contributed by atoms with E-state index in [-0.39, 0.29) is 5.92 Å². The highest BCUT2D eigenvalue weighted by molar-refractivity contribution is 6.42. The molecule has 1 rings (SSSR count). The summed E-state index contributed by atoms with van der Waals surface area (Å²) in [7, 11) is 0. The SMILES string of the molecule is CC(C)C(C)C(O)c1cccc(Cl)c1Cl. The van der Waals surface area contributed by atoms with Crippen LogP contribution in [0.4, 0.5) is 0 Å². The van der Waals surface area contributed by atoms with E-state index in [4.69, 9.17) is 23.2 Å². The lowest BCUT2D eigenvalue weighted by Gasteiger charge is -2.23. The Balaban J connectivity index is 3.01. The van der Waals surface area contributed by atoms with Gasteiger partial charge in [-0.1, -0.05) is 56.1 Å². The Morgan fingerprint density at radius 2 is 1.73 bits per heavy atom. The van der Waals surface area contributed by atoms with Crippen LogP contribution in [0, 0.1) is 11.8 Å². The van der Waals surface area contributed by atoms with E-state index in [0.29, 0.717) is 21.5 Å². The summed E-state index contributed by atoms with van der Waals surface area (Å²) in [6, 6.07) is 5.34. The highest BCUT2D eigenvalue weighted by atomic mass is 35.5. The van der Waals surface area contributed by atoms with Gasteiger partial charge in [0.05, 0.1) is 16.1 Å². The molecule has 0 amide bonds. The fourth-order valence-corrected chi connectivity index (χ4v) is 1.82. The average molecular weight is 247 g/mol. The van der Waals surface area contributed by atoms with Crippen LogP contribution in [0.25, 0.3) is 0 Å². The van der Waals surface area contributed by atoms with Gasteiger partial charge in [-0.3, -0.25) is 0 Å². The smallest absolute Gasteiger partial charge is 0.0832 e. The molecule has 2 unspecified atom stereocenters. The Bertz CT molecular complexity index is 336. The molecule has 2 atom stereocenters. The number of rotatable bonds is 3. The second-order valence-electron chi connectivity index (χ2n) is 4.19. The molecule has 0 aliphatic heterocycles. The van der Waals surface area contributed by atoms with E-state index < -0.39 is 6.10 Å². The third-order valence-corrected chi connectivity index (χ3v) is 3.68. The van der Waals surface area contributed by atoms with Crippen LogP contribution < -0.4 is 0 Å². The van der Waals surface area contributed by atoms with Gasteiger partial charge in [-0.15, -0.1) is 0 Å². The average Bonchev–Trinajstić information content (AvgIpc) is 2.20. The summed E-state index contributed by atoms with van der Waals surface area (Å²) >= 11 is 11.9. The molecular formula is C12H16Cl2O. The van der Waals surface area contributed by atoms with Crippen LogP contribution in [0.2, 0.25) is 10.0 Å². The molecule has 0 fully saturated rings. The highest BCUT2D eigenvalue weighted by Gasteiger charge is 2.22. The molecule has 1 aromatic rings. The monoisotopic (exact) mass is 246 g/mol. The van der Waals surface area contributed by atoms with Gasteiger partial charge in [-0.25, -0.2) is 0 Å². The molecule has 0 saturated carbocycles. The van der Waals surface area contributed by atoms with E-state index in [9.17, 15) is 5.11 Å². The van der Waals surface area contributed by atoms with Gasteiger partial charge in [0.15, 0.2) is 0 Å². The van der Waals surface area contributed by atoms with E-state index in [1.54, 1.807) is 12.1 Å². The second-order valence-corrected chi connectivity index (χ2v) is 4.98. The van der Waals surface area contributed by atoms with Crippen LogP contribution in [0.15, 0.2) is 18.2 Å². The summed E-state index contributed by atoms with van der Waals surface area (Å²) in [6.45, 7) is 6.16. The van der Waals surface area contributed by atoms with Crippen molar-refractivity contribution in [1.82, 2.24) is 0 Å². The first-order chi connectivity index (χ1) is 6.95. The lowest BCUT2D eigenvalue weighted by Crippen LogP contribution is -2.15. The van der Waals surface area contributed by atoms with Gasteiger partial charge in [-0.2, -0.15) is 0 Å². The number of benzene rings is 1. The Hall–Kier alpha value is -0.240. The van der Waals surface area contributed by atoms with Crippen LogP contribution >= 0.6 is 23.2 Å². The number of hydrogen-bond acceptors (Lipinski definition) is 1. The van der Waals surface area contributed by atoms with Crippen molar-refractivity contribution in [3.63, 3.8) is 0 Å². The van der Waals surface area contributed by atoms with Crippen molar-refractivity contribution >= 4 is 23.2 Å². The van der Waals surface area contributed by atoms with E-state index in [0.717, 1.165) is 0 Å². The fraction of sp³-hybridized carbons (Fsp3) is 0.500. The molecular weight excluding hydrogens is 231 g/mol. The van der Waals surface area contributed by atoms with Crippen LogP contribution in [0.3, 0.4) is 0 Å². The molecule has 84 valence electrons. The minimum Gasteiger partial charge on any atom is -0.388 e. The molecule has 0 aliphatic rings. The van der Waals surface area contributed by atoms with E-state index >= 15 is 0 Å². The minimum atomic E-state index is -0.559. The molecule has 0 heterocycles. The van der Waals surface area contributed by atoms with Crippen molar-refractivity contribution in [1.29, 1.82) is 0 Å². The molecule has 0 bridgehead atoms. The summed E-state index contributed by atoms with van der Waals surface area (Å²) < 4.78 is 0. The number of aliphatic hydroxyl groups excluding tert-OH is 1. The van der Waals surface area contributed by atoms with Crippen LogP contribution in [0.1, 0.15) is 32.4 Å². The summed E-state index contributed by atoms with van der Waals surface area (Å²) in [5.41, 5.74) is 0.713. The summed E-state index contributed by atoms with van der Waals surface area (Å²) in [6.07, 6.45) is -0.559. The third kappa shape index (κ3) is 2.87. The van der Waals surface area contributed by atoms with E-state index in [1.165, 1.54) is 0 Å². The first-order valence-corrected chi connectivity index (χ1v) is 5.82. The lowest BCUT2D eigenvalue weighted by molar-refractivity contribution is 0.0922. The zero-order valence-corrected chi connectivity index (χ0v) is 10.7. The molecule has 0 aromatic heterocycles. The Morgan fingerprint density at radius 1 is 1.13 bits per heavy atom. The fourth-order valence-electron chi connectivity index (χ4n) is 1.40. The lowest BCUT2D eigenvalue weighted by atomic mass is 9.88. The van der Waals surface area contributed by atoms with Crippen molar-refractivity contribution in [2.75, 3.05) is 0 Å². The summed E-state index contributed by atoms with van der Waals surface area (Å²) in [5, 5.41) is 11.1. The normalized spacial score (nSPS) is 15.4. The van der Waals surface area contributed by atoms with Gasteiger partial charge in [0, 0.05) is 5.56 Å².